The average Bonchev–Trinajstić information content (AvgIpc) is 2.71. The van der Waals surface area contributed by atoms with Crippen molar-refractivity contribution in [1.29, 1.82) is 0 Å². The fourth-order valence-electron chi connectivity index (χ4n) is 3.10. The first-order chi connectivity index (χ1) is 13.9. The molecule has 0 saturated carbocycles. The van der Waals surface area contributed by atoms with E-state index in [0.29, 0.717) is 32.2 Å². The molecular weight excluding hydrogens is 402 g/mol. The van der Waals surface area contributed by atoms with Gasteiger partial charge in [-0.2, -0.15) is 0 Å². The molecule has 0 atom stereocenters. The Hall–Kier alpha value is -2.59. The van der Waals surface area contributed by atoms with Crippen LogP contribution in [-0.4, -0.2) is 56.9 Å². The fourth-order valence-corrected chi connectivity index (χ4v) is 4.23. The van der Waals surface area contributed by atoms with Gasteiger partial charge in [0.05, 0.1) is 0 Å². The molecule has 2 heterocycles. The summed E-state index contributed by atoms with van der Waals surface area (Å²) in [5.41, 5.74) is 0. The van der Waals surface area contributed by atoms with Crippen LogP contribution in [0.1, 0.15) is 12.8 Å². The standard InChI is InChI=1S/C19H22F2N4O3S/c20-15-6-7-17(16(21)14-15)29(27,28)23-9-3-5-19(26)25-12-10-24(11-13-25)18-4-1-2-8-22-18/h1-2,4,6-8,14,23H,3,5,9-13H2. The molecule has 1 aromatic heterocycles. The maximum absolute atomic E-state index is 13.7. The van der Waals surface area contributed by atoms with Crippen molar-refractivity contribution in [2.24, 2.45) is 0 Å². The highest BCUT2D eigenvalue weighted by atomic mass is 32.2. The van der Waals surface area contributed by atoms with E-state index < -0.39 is 26.6 Å². The average molecular weight is 424 g/mol. The first kappa shape index (κ1) is 21.1. The van der Waals surface area contributed by atoms with Gasteiger partial charge in [-0.1, -0.05) is 6.07 Å². The molecule has 2 aromatic rings. The van der Waals surface area contributed by atoms with Gasteiger partial charge in [-0.05, 0) is 30.7 Å². The van der Waals surface area contributed by atoms with Crippen molar-refractivity contribution in [3.63, 3.8) is 0 Å². The van der Waals surface area contributed by atoms with Crippen LogP contribution in [-0.2, 0) is 14.8 Å². The molecule has 10 heteroatoms. The van der Waals surface area contributed by atoms with E-state index in [1.807, 2.05) is 18.2 Å². The van der Waals surface area contributed by atoms with E-state index in [2.05, 4.69) is 14.6 Å². The lowest BCUT2D eigenvalue weighted by atomic mass is 10.2. The molecule has 1 amide bonds. The summed E-state index contributed by atoms with van der Waals surface area (Å²) in [6.45, 7) is 2.49. The van der Waals surface area contributed by atoms with E-state index in [1.165, 1.54) is 0 Å². The maximum Gasteiger partial charge on any atom is 0.243 e. The van der Waals surface area contributed by atoms with Crippen LogP contribution in [0, 0.1) is 11.6 Å². The number of aromatic nitrogens is 1. The van der Waals surface area contributed by atoms with Gasteiger partial charge >= 0.3 is 0 Å². The van der Waals surface area contributed by atoms with Crippen LogP contribution in [0.15, 0.2) is 47.5 Å². The zero-order chi connectivity index (χ0) is 20.9. The number of benzene rings is 1. The van der Waals surface area contributed by atoms with Crippen molar-refractivity contribution in [2.75, 3.05) is 37.6 Å². The van der Waals surface area contributed by atoms with Crippen molar-refractivity contribution >= 4 is 21.7 Å². The molecule has 1 aliphatic heterocycles. The van der Waals surface area contributed by atoms with Crippen LogP contribution in [0.25, 0.3) is 0 Å². The first-order valence-corrected chi connectivity index (χ1v) is 10.7. The van der Waals surface area contributed by atoms with Gasteiger partial charge in [0.2, 0.25) is 15.9 Å². The minimum Gasteiger partial charge on any atom is -0.353 e. The third-order valence-electron chi connectivity index (χ3n) is 4.65. The summed E-state index contributed by atoms with van der Waals surface area (Å²) in [5.74, 6) is -1.19. The normalized spacial score (nSPS) is 14.8. The lowest BCUT2D eigenvalue weighted by Crippen LogP contribution is -2.49. The lowest BCUT2D eigenvalue weighted by molar-refractivity contribution is -0.131. The predicted molar refractivity (Wildman–Crippen MR) is 104 cm³/mol. The second-order valence-corrected chi connectivity index (χ2v) is 8.37. The second-order valence-electron chi connectivity index (χ2n) is 6.63. The number of anilines is 1. The molecule has 0 spiro atoms. The van der Waals surface area contributed by atoms with Gasteiger partial charge in [-0.3, -0.25) is 4.79 Å². The van der Waals surface area contributed by atoms with Gasteiger partial charge in [0, 0.05) is 51.4 Å². The highest BCUT2D eigenvalue weighted by Gasteiger charge is 2.22. The maximum atomic E-state index is 13.7. The number of pyridine rings is 1. The van der Waals surface area contributed by atoms with E-state index in [1.54, 1.807) is 11.1 Å². The molecule has 1 aliphatic rings. The molecule has 1 N–H and O–H groups in total. The topological polar surface area (TPSA) is 82.6 Å². The molecule has 0 bridgehead atoms. The van der Waals surface area contributed by atoms with Crippen LogP contribution in [0.4, 0.5) is 14.6 Å². The quantitative estimate of drug-likeness (QED) is 0.685. The largest absolute Gasteiger partial charge is 0.353 e. The summed E-state index contributed by atoms with van der Waals surface area (Å²) < 4.78 is 53.0. The number of nitrogens with zero attached hydrogens (tertiary/aromatic N) is 3. The van der Waals surface area contributed by atoms with Gasteiger partial charge in [-0.25, -0.2) is 26.9 Å². The van der Waals surface area contributed by atoms with Crippen molar-refractivity contribution < 1.29 is 22.0 Å². The number of carbonyl (C=O) groups is 1. The van der Waals surface area contributed by atoms with Gasteiger partial charge in [-0.15, -0.1) is 0 Å². The Balaban J connectivity index is 1.42. The number of halogens is 2. The van der Waals surface area contributed by atoms with Crippen molar-refractivity contribution in [1.82, 2.24) is 14.6 Å². The molecule has 29 heavy (non-hydrogen) atoms. The second kappa shape index (κ2) is 9.27. The van der Waals surface area contributed by atoms with Crippen LogP contribution >= 0.6 is 0 Å². The number of piperazine rings is 1. The highest BCUT2D eigenvalue weighted by molar-refractivity contribution is 7.89. The Kier molecular flexibility index (Phi) is 6.75. The van der Waals surface area contributed by atoms with Gasteiger partial charge in [0.25, 0.3) is 0 Å². The first-order valence-electron chi connectivity index (χ1n) is 9.25. The number of amides is 1. The zero-order valence-electron chi connectivity index (χ0n) is 15.7. The number of sulfonamides is 1. The SMILES string of the molecule is O=C(CCCNS(=O)(=O)c1ccc(F)cc1F)N1CCN(c2ccccn2)CC1. The smallest absolute Gasteiger partial charge is 0.243 e. The number of carbonyl (C=O) groups excluding carboxylic acids is 1. The minimum atomic E-state index is -4.10. The van der Waals surface area contributed by atoms with E-state index in [9.17, 15) is 22.0 Å². The van der Waals surface area contributed by atoms with Crippen molar-refractivity contribution in [3.8, 4) is 0 Å². The number of hydrogen-bond acceptors (Lipinski definition) is 5. The number of nitrogens with one attached hydrogen (secondary N) is 1. The molecule has 0 unspecified atom stereocenters. The van der Waals surface area contributed by atoms with Crippen LogP contribution in [0.2, 0.25) is 0 Å². The Labute approximate surface area is 168 Å². The fraction of sp³-hybridized carbons (Fsp3) is 0.368. The molecule has 1 saturated heterocycles. The van der Waals surface area contributed by atoms with Gasteiger partial charge in [0.1, 0.15) is 22.3 Å². The molecule has 1 fully saturated rings. The molecule has 0 radical (unpaired) electrons. The van der Waals surface area contributed by atoms with Crippen LogP contribution < -0.4 is 9.62 Å². The van der Waals surface area contributed by atoms with E-state index in [-0.39, 0.29) is 25.3 Å². The van der Waals surface area contributed by atoms with E-state index in [0.717, 1.165) is 18.0 Å². The molecule has 156 valence electrons. The van der Waals surface area contributed by atoms with Crippen LogP contribution in [0.3, 0.4) is 0 Å². The molecule has 1 aromatic carbocycles. The third kappa shape index (κ3) is 5.48. The minimum absolute atomic E-state index is 0.0151. The van der Waals surface area contributed by atoms with Gasteiger partial charge in [0.15, 0.2) is 0 Å². The summed E-state index contributed by atoms with van der Waals surface area (Å²) in [4.78, 5) is 19.9. The zero-order valence-corrected chi connectivity index (χ0v) is 16.5. The highest BCUT2D eigenvalue weighted by Crippen LogP contribution is 2.16. The molecular formula is C19H22F2N4O3S. The summed E-state index contributed by atoms with van der Waals surface area (Å²) >= 11 is 0. The van der Waals surface area contributed by atoms with E-state index in [4.69, 9.17) is 0 Å². The summed E-state index contributed by atoms with van der Waals surface area (Å²) in [7, 11) is -4.10. The Bertz CT molecular complexity index is 949. The van der Waals surface area contributed by atoms with E-state index >= 15 is 0 Å². The number of hydrogen-bond donors (Lipinski definition) is 1. The van der Waals surface area contributed by atoms with Crippen molar-refractivity contribution in [3.05, 3.63) is 54.2 Å². The third-order valence-corrected chi connectivity index (χ3v) is 6.14. The Morgan fingerprint density at radius 1 is 1.10 bits per heavy atom. The summed E-state index contributed by atoms with van der Waals surface area (Å²) in [6, 6.07) is 7.96. The Morgan fingerprint density at radius 2 is 1.86 bits per heavy atom. The molecule has 0 aliphatic carbocycles. The molecule has 3 rings (SSSR count). The monoisotopic (exact) mass is 424 g/mol. The summed E-state index contributed by atoms with van der Waals surface area (Å²) in [6.07, 6.45) is 2.19. The predicted octanol–water partition coefficient (Wildman–Crippen LogP) is 1.77. The van der Waals surface area contributed by atoms with Gasteiger partial charge < -0.3 is 9.80 Å². The molecule has 7 nitrogen and oxygen atoms in total. The van der Waals surface area contributed by atoms with Crippen LogP contribution in [0.5, 0.6) is 0 Å². The number of rotatable bonds is 7. The summed E-state index contributed by atoms with van der Waals surface area (Å²) in [5, 5.41) is 0. The van der Waals surface area contributed by atoms with Crippen molar-refractivity contribution in [2.45, 2.75) is 17.7 Å². The lowest BCUT2D eigenvalue weighted by Gasteiger charge is -2.35. The Morgan fingerprint density at radius 3 is 2.52 bits per heavy atom.